The lowest BCUT2D eigenvalue weighted by molar-refractivity contribution is 0.792. The molecule has 0 aliphatic carbocycles. The number of nitrogen functional groups attached to an aromatic ring is 1. The first-order valence-corrected chi connectivity index (χ1v) is 6.01. The Kier molecular flexibility index (Phi) is 2.76. The van der Waals surface area contributed by atoms with Gasteiger partial charge >= 0.3 is 0 Å². The fourth-order valence-electron chi connectivity index (χ4n) is 2.08. The minimum Gasteiger partial charge on any atom is -0.394 e. The minimum absolute atomic E-state index is 0.140. The Bertz CT molecular complexity index is 792. The molecule has 0 spiro atoms. The number of nitrogens with two attached hydrogens (primary N) is 1. The van der Waals surface area contributed by atoms with E-state index in [4.69, 9.17) is 5.73 Å². The van der Waals surface area contributed by atoms with Gasteiger partial charge in [-0.25, -0.2) is 0 Å². The van der Waals surface area contributed by atoms with Crippen LogP contribution in [-0.2, 0) is 6.54 Å². The number of aromatic nitrogens is 2. The molecule has 0 bridgehead atoms. The number of benzene rings is 1. The lowest BCUT2D eigenvalue weighted by Crippen LogP contribution is -2.11. The molecule has 0 radical (unpaired) electrons. The normalized spacial score (nSPS) is 10.7. The van der Waals surface area contributed by atoms with Gasteiger partial charge in [-0.05, 0) is 23.8 Å². The summed E-state index contributed by atoms with van der Waals surface area (Å²) in [5.41, 5.74) is 7.87. The molecule has 0 aliphatic rings. The smallest absolute Gasteiger partial charge is 0.204 e. The number of anilines is 1. The van der Waals surface area contributed by atoms with E-state index in [0.717, 1.165) is 16.5 Å². The first kappa shape index (κ1) is 11.5. The molecule has 2 aromatic heterocycles. The maximum Gasteiger partial charge on any atom is 0.204 e. The van der Waals surface area contributed by atoms with Gasteiger partial charge in [-0.3, -0.25) is 9.78 Å². The SMILES string of the molecule is Nc1cn(Cc2ccc3ncccc3c2)ccc1=O. The zero-order chi connectivity index (χ0) is 13.2. The van der Waals surface area contributed by atoms with Gasteiger partial charge in [0.15, 0.2) is 0 Å². The summed E-state index contributed by atoms with van der Waals surface area (Å²) in [4.78, 5) is 15.5. The van der Waals surface area contributed by atoms with Crippen LogP contribution in [0.2, 0.25) is 0 Å². The molecule has 1 aromatic carbocycles. The standard InChI is InChI=1S/C15H13N3O/c16-13-10-18(7-5-15(13)19)9-11-3-4-14-12(8-11)2-1-6-17-14/h1-8,10H,9,16H2. The van der Waals surface area contributed by atoms with Gasteiger partial charge in [-0.2, -0.15) is 0 Å². The molecular formula is C15H13N3O. The quantitative estimate of drug-likeness (QED) is 0.758. The average Bonchev–Trinajstić information content (AvgIpc) is 2.43. The van der Waals surface area contributed by atoms with Crippen molar-refractivity contribution in [3.05, 3.63) is 70.8 Å². The number of hydrogen-bond acceptors (Lipinski definition) is 3. The van der Waals surface area contributed by atoms with Crippen molar-refractivity contribution >= 4 is 16.6 Å². The summed E-state index contributed by atoms with van der Waals surface area (Å²) in [6.07, 6.45) is 5.19. The van der Waals surface area contributed by atoms with Crippen LogP contribution in [0.1, 0.15) is 5.56 Å². The topological polar surface area (TPSA) is 60.9 Å². The highest BCUT2D eigenvalue weighted by Gasteiger charge is 1.99. The minimum atomic E-state index is -0.140. The number of rotatable bonds is 2. The van der Waals surface area contributed by atoms with E-state index in [1.165, 1.54) is 6.07 Å². The molecule has 0 aliphatic heterocycles. The fraction of sp³-hybridized carbons (Fsp3) is 0.0667. The van der Waals surface area contributed by atoms with E-state index in [1.54, 1.807) is 18.6 Å². The van der Waals surface area contributed by atoms with E-state index in [-0.39, 0.29) is 11.1 Å². The van der Waals surface area contributed by atoms with Crippen LogP contribution in [-0.4, -0.2) is 9.55 Å². The van der Waals surface area contributed by atoms with Crippen LogP contribution in [0.4, 0.5) is 5.69 Å². The highest BCUT2D eigenvalue weighted by atomic mass is 16.1. The van der Waals surface area contributed by atoms with Crippen LogP contribution in [0.3, 0.4) is 0 Å². The Morgan fingerprint density at radius 1 is 1.21 bits per heavy atom. The van der Waals surface area contributed by atoms with Crippen molar-refractivity contribution in [3.8, 4) is 0 Å². The maximum absolute atomic E-state index is 11.3. The summed E-state index contributed by atoms with van der Waals surface area (Å²) in [5.74, 6) is 0. The van der Waals surface area contributed by atoms with Crippen LogP contribution < -0.4 is 11.2 Å². The summed E-state index contributed by atoms with van der Waals surface area (Å²) in [7, 11) is 0. The molecule has 3 aromatic rings. The molecule has 94 valence electrons. The van der Waals surface area contributed by atoms with Crippen molar-refractivity contribution in [1.29, 1.82) is 0 Å². The maximum atomic E-state index is 11.3. The molecule has 2 N–H and O–H groups in total. The molecule has 0 fully saturated rings. The summed E-state index contributed by atoms with van der Waals surface area (Å²) in [6, 6.07) is 11.6. The van der Waals surface area contributed by atoms with Gasteiger partial charge in [-0.1, -0.05) is 12.1 Å². The van der Waals surface area contributed by atoms with Gasteiger partial charge in [0.2, 0.25) is 5.43 Å². The number of fused-ring (bicyclic) bond motifs is 1. The van der Waals surface area contributed by atoms with E-state index in [9.17, 15) is 4.79 Å². The van der Waals surface area contributed by atoms with Crippen molar-refractivity contribution in [3.63, 3.8) is 0 Å². The molecule has 4 nitrogen and oxygen atoms in total. The van der Waals surface area contributed by atoms with Gasteiger partial charge in [0.05, 0.1) is 11.2 Å². The summed E-state index contributed by atoms with van der Waals surface area (Å²) in [5, 5.41) is 1.11. The second kappa shape index (κ2) is 4.57. The van der Waals surface area contributed by atoms with E-state index in [0.29, 0.717) is 6.54 Å². The fourth-order valence-corrected chi connectivity index (χ4v) is 2.08. The van der Waals surface area contributed by atoms with Gasteiger partial charge in [0, 0.05) is 36.6 Å². The van der Waals surface area contributed by atoms with Gasteiger partial charge in [0.25, 0.3) is 0 Å². The lowest BCUT2D eigenvalue weighted by atomic mass is 10.1. The van der Waals surface area contributed by atoms with Crippen LogP contribution in [0.25, 0.3) is 10.9 Å². The van der Waals surface area contributed by atoms with Crippen molar-refractivity contribution in [1.82, 2.24) is 9.55 Å². The first-order valence-electron chi connectivity index (χ1n) is 6.01. The van der Waals surface area contributed by atoms with Crippen molar-refractivity contribution < 1.29 is 0 Å². The van der Waals surface area contributed by atoms with E-state index in [1.807, 2.05) is 28.8 Å². The van der Waals surface area contributed by atoms with Crippen LogP contribution >= 0.6 is 0 Å². The third-order valence-electron chi connectivity index (χ3n) is 3.04. The number of nitrogens with zero attached hydrogens (tertiary/aromatic N) is 2. The van der Waals surface area contributed by atoms with Crippen molar-refractivity contribution in [2.24, 2.45) is 0 Å². The Morgan fingerprint density at radius 3 is 2.95 bits per heavy atom. The van der Waals surface area contributed by atoms with E-state index in [2.05, 4.69) is 11.1 Å². The van der Waals surface area contributed by atoms with Crippen LogP contribution in [0.15, 0.2) is 59.8 Å². The highest BCUT2D eigenvalue weighted by molar-refractivity contribution is 5.78. The second-order valence-corrected chi connectivity index (χ2v) is 4.47. The molecule has 0 saturated carbocycles. The van der Waals surface area contributed by atoms with Crippen molar-refractivity contribution in [2.75, 3.05) is 5.73 Å². The molecule has 0 unspecified atom stereocenters. The molecular weight excluding hydrogens is 238 g/mol. The largest absolute Gasteiger partial charge is 0.394 e. The first-order chi connectivity index (χ1) is 9.22. The average molecular weight is 251 g/mol. The predicted molar refractivity (Wildman–Crippen MR) is 76.0 cm³/mol. The van der Waals surface area contributed by atoms with Gasteiger partial charge < -0.3 is 10.3 Å². The molecule has 0 atom stereocenters. The van der Waals surface area contributed by atoms with E-state index >= 15 is 0 Å². The number of hydrogen-bond donors (Lipinski definition) is 1. The van der Waals surface area contributed by atoms with E-state index < -0.39 is 0 Å². The molecule has 0 amide bonds. The molecule has 4 heteroatoms. The highest BCUT2D eigenvalue weighted by Crippen LogP contribution is 2.14. The molecule has 0 saturated heterocycles. The zero-order valence-corrected chi connectivity index (χ0v) is 10.3. The Morgan fingerprint density at radius 2 is 2.11 bits per heavy atom. The summed E-state index contributed by atoms with van der Waals surface area (Å²) in [6.45, 7) is 0.676. The second-order valence-electron chi connectivity index (χ2n) is 4.47. The Balaban J connectivity index is 1.96. The Labute approximate surface area is 110 Å². The van der Waals surface area contributed by atoms with Crippen LogP contribution in [0, 0.1) is 0 Å². The monoisotopic (exact) mass is 251 g/mol. The van der Waals surface area contributed by atoms with Crippen molar-refractivity contribution in [2.45, 2.75) is 6.54 Å². The third-order valence-corrected chi connectivity index (χ3v) is 3.04. The molecule has 2 heterocycles. The summed E-state index contributed by atoms with van der Waals surface area (Å²) >= 11 is 0. The third kappa shape index (κ3) is 2.33. The summed E-state index contributed by atoms with van der Waals surface area (Å²) < 4.78 is 1.90. The Hall–Kier alpha value is -2.62. The van der Waals surface area contributed by atoms with Crippen LogP contribution in [0.5, 0.6) is 0 Å². The lowest BCUT2D eigenvalue weighted by Gasteiger charge is -2.08. The predicted octanol–water partition coefficient (Wildman–Crippen LogP) is 2.03. The number of pyridine rings is 2. The van der Waals surface area contributed by atoms with Gasteiger partial charge in [-0.15, -0.1) is 0 Å². The molecule has 19 heavy (non-hydrogen) atoms. The van der Waals surface area contributed by atoms with Gasteiger partial charge in [0.1, 0.15) is 0 Å². The zero-order valence-electron chi connectivity index (χ0n) is 10.3. The molecule has 3 rings (SSSR count).